The van der Waals surface area contributed by atoms with Gasteiger partial charge in [-0.2, -0.15) is 0 Å². The summed E-state index contributed by atoms with van der Waals surface area (Å²) in [5.74, 6) is 0.306. The highest BCUT2D eigenvalue weighted by molar-refractivity contribution is 7.99. The van der Waals surface area contributed by atoms with E-state index in [2.05, 4.69) is 10.2 Å². The summed E-state index contributed by atoms with van der Waals surface area (Å²) in [4.78, 5) is 13.2. The Morgan fingerprint density at radius 1 is 1.38 bits per heavy atom. The number of hydrogen-bond acceptors (Lipinski definition) is 6. The second kappa shape index (κ2) is 7.14. The molecule has 0 aliphatic heterocycles. The van der Waals surface area contributed by atoms with Gasteiger partial charge in [-0.25, -0.2) is 4.39 Å². The van der Waals surface area contributed by atoms with E-state index in [0.717, 1.165) is 10.7 Å². The first-order valence-corrected chi connectivity index (χ1v) is 8.89. The summed E-state index contributed by atoms with van der Waals surface area (Å²) in [6, 6.07) is 8.11. The largest absolute Gasteiger partial charge is 0.494 e. The van der Waals surface area contributed by atoms with Crippen molar-refractivity contribution in [2.75, 3.05) is 12.9 Å². The van der Waals surface area contributed by atoms with Crippen molar-refractivity contribution in [1.82, 2.24) is 14.8 Å². The van der Waals surface area contributed by atoms with Gasteiger partial charge in [-0.05, 0) is 29.6 Å². The van der Waals surface area contributed by atoms with Crippen LogP contribution in [0.25, 0.3) is 10.7 Å². The van der Waals surface area contributed by atoms with E-state index in [0.29, 0.717) is 10.7 Å². The molecule has 1 aromatic carbocycles. The van der Waals surface area contributed by atoms with Crippen LogP contribution in [-0.4, -0.2) is 33.4 Å². The minimum atomic E-state index is -0.549. The van der Waals surface area contributed by atoms with Crippen LogP contribution in [0.15, 0.2) is 40.9 Å². The first-order chi connectivity index (χ1) is 11.6. The van der Waals surface area contributed by atoms with Crippen LogP contribution in [-0.2, 0) is 7.05 Å². The molecule has 0 radical (unpaired) electrons. The molecule has 0 fully saturated rings. The fraction of sp³-hybridized carbons (Fsp3) is 0.188. The molecule has 0 aliphatic carbocycles. The summed E-state index contributed by atoms with van der Waals surface area (Å²) >= 11 is 2.85. The second-order valence-electron chi connectivity index (χ2n) is 4.90. The number of ether oxygens (including phenoxy) is 1. The first-order valence-electron chi connectivity index (χ1n) is 7.03. The average Bonchev–Trinajstić information content (AvgIpc) is 3.22. The lowest BCUT2D eigenvalue weighted by Crippen LogP contribution is -2.05. The fourth-order valence-electron chi connectivity index (χ4n) is 2.11. The summed E-state index contributed by atoms with van der Waals surface area (Å²) in [7, 11) is 3.24. The van der Waals surface area contributed by atoms with E-state index in [1.54, 1.807) is 17.4 Å². The third-order valence-corrected chi connectivity index (χ3v) is 5.27. The second-order valence-corrected chi connectivity index (χ2v) is 6.79. The van der Waals surface area contributed by atoms with Crippen LogP contribution in [0.1, 0.15) is 10.4 Å². The number of ketones is 1. The minimum Gasteiger partial charge on any atom is -0.494 e. The number of Topliss-reactive ketones (excluding diaryl/α,β-unsaturated/α-hetero) is 1. The number of thioether (sulfide) groups is 1. The molecule has 3 aromatic rings. The summed E-state index contributed by atoms with van der Waals surface area (Å²) in [6.45, 7) is 0. The Kier molecular flexibility index (Phi) is 4.96. The van der Waals surface area contributed by atoms with Gasteiger partial charge < -0.3 is 9.30 Å². The van der Waals surface area contributed by atoms with Crippen molar-refractivity contribution in [3.8, 4) is 16.5 Å². The molecule has 5 nitrogen and oxygen atoms in total. The number of aromatic nitrogens is 3. The summed E-state index contributed by atoms with van der Waals surface area (Å²) in [6.07, 6.45) is 0. The van der Waals surface area contributed by atoms with Gasteiger partial charge in [-0.3, -0.25) is 4.79 Å². The van der Waals surface area contributed by atoms with Gasteiger partial charge in [0.2, 0.25) is 0 Å². The SMILES string of the molecule is COc1ccc(C(=O)CSc2nnc(-c3cccs3)n2C)cc1F. The number of benzene rings is 1. The zero-order valence-corrected chi connectivity index (χ0v) is 14.7. The number of halogens is 1. The van der Waals surface area contributed by atoms with Crippen LogP contribution in [0.4, 0.5) is 4.39 Å². The molecule has 0 N–H and O–H groups in total. The standard InChI is InChI=1S/C16H14FN3O2S2/c1-20-15(14-4-3-7-23-14)18-19-16(20)24-9-12(21)10-5-6-13(22-2)11(17)8-10/h3-8H,9H2,1-2H3. The third kappa shape index (κ3) is 3.34. The molecule has 0 amide bonds. The van der Waals surface area contributed by atoms with Crippen LogP contribution < -0.4 is 4.74 Å². The van der Waals surface area contributed by atoms with E-state index in [1.807, 2.05) is 29.1 Å². The van der Waals surface area contributed by atoms with Gasteiger partial charge in [0.1, 0.15) is 0 Å². The van der Waals surface area contributed by atoms with Gasteiger partial charge >= 0.3 is 0 Å². The lowest BCUT2D eigenvalue weighted by molar-refractivity contribution is 0.102. The van der Waals surface area contributed by atoms with E-state index in [9.17, 15) is 9.18 Å². The van der Waals surface area contributed by atoms with E-state index >= 15 is 0 Å². The van der Waals surface area contributed by atoms with Crippen LogP contribution in [0.3, 0.4) is 0 Å². The number of methoxy groups -OCH3 is 1. The number of rotatable bonds is 6. The predicted octanol–water partition coefficient (Wildman–Crippen LogP) is 3.67. The minimum absolute atomic E-state index is 0.119. The van der Waals surface area contributed by atoms with Crippen molar-refractivity contribution >= 4 is 28.9 Å². The van der Waals surface area contributed by atoms with E-state index in [4.69, 9.17) is 4.74 Å². The van der Waals surface area contributed by atoms with Crippen molar-refractivity contribution in [2.24, 2.45) is 7.05 Å². The van der Waals surface area contributed by atoms with Crippen molar-refractivity contribution in [3.63, 3.8) is 0 Å². The molecule has 124 valence electrons. The number of nitrogens with zero attached hydrogens (tertiary/aromatic N) is 3. The fourth-order valence-corrected chi connectivity index (χ4v) is 3.66. The smallest absolute Gasteiger partial charge is 0.191 e. The zero-order valence-electron chi connectivity index (χ0n) is 13.0. The number of carbonyl (C=O) groups excluding carboxylic acids is 1. The van der Waals surface area contributed by atoms with E-state index < -0.39 is 5.82 Å². The molecular formula is C16H14FN3O2S2. The van der Waals surface area contributed by atoms with E-state index in [-0.39, 0.29) is 17.3 Å². The lowest BCUT2D eigenvalue weighted by atomic mass is 10.1. The Labute approximate surface area is 146 Å². The van der Waals surface area contributed by atoms with Crippen molar-refractivity contribution in [3.05, 3.63) is 47.1 Å². The molecule has 0 spiro atoms. The van der Waals surface area contributed by atoms with Gasteiger partial charge in [-0.15, -0.1) is 21.5 Å². The van der Waals surface area contributed by atoms with Crippen molar-refractivity contribution < 1.29 is 13.9 Å². The molecular weight excluding hydrogens is 349 g/mol. The average molecular weight is 363 g/mol. The van der Waals surface area contributed by atoms with Gasteiger partial charge in [0.25, 0.3) is 0 Å². The Hall–Kier alpha value is -2.19. The zero-order chi connectivity index (χ0) is 17.1. The van der Waals surface area contributed by atoms with Crippen LogP contribution in [0.5, 0.6) is 5.75 Å². The van der Waals surface area contributed by atoms with Crippen molar-refractivity contribution in [2.45, 2.75) is 5.16 Å². The van der Waals surface area contributed by atoms with Gasteiger partial charge in [0, 0.05) is 12.6 Å². The molecule has 0 atom stereocenters. The third-order valence-electron chi connectivity index (χ3n) is 3.38. The monoisotopic (exact) mass is 363 g/mol. The number of carbonyl (C=O) groups is 1. The highest BCUT2D eigenvalue weighted by Gasteiger charge is 2.15. The van der Waals surface area contributed by atoms with Gasteiger partial charge in [-0.1, -0.05) is 17.8 Å². The highest BCUT2D eigenvalue weighted by atomic mass is 32.2. The van der Waals surface area contributed by atoms with Gasteiger partial charge in [0.05, 0.1) is 17.7 Å². The lowest BCUT2D eigenvalue weighted by Gasteiger charge is -2.05. The number of hydrogen-bond donors (Lipinski definition) is 0. The summed E-state index contributed by atoms with van der Waals surface area (Å²) in [5.41, 5.74) is 0.307. The summed E-state index contributed by atoms with van der Waals surface area (Å²) in [5, 5.41) is 10.9. The first kappa shape index (κ1) is 16.7. The molecule has 2 heterocycles. The number of thiophene rings is 1. The molecule has 3 rings (SSSR count). The van der Waals surface area contributed by atoms with Crippen molar-refractivity contribution in [1.29, 1.82) is 0 Å². The molecule has 2 aromatic heterocycles. The Morgan fingerprint density at radius 3 is 2.88 bits per heavy atom. The molecule has 0 saturated carbocycles. The Balaban J connectivity index is 1.70. The topological polar surface area (TPSA) is 57.0 Å². The quantitative estimate of drug-likeness (QED) is 0.494. The van der Waals surface area contributed by atoms with Crippen LogP contribution in [0.2, 0.25) is 0 Å². The van der Waals surface area contributed by atoms with E-state index in [1.165, 1.54) is 31.0 Å². The van der Waals surface area contributed by atoms with Crippen LogP contribution in [0, 0.1) is 5.82 Å². The molecule has 0 bridgehead atoms. The normalized spacial score (nSPS) is 10.8. The van der Waals surface area contributed by atoms with Gasteiger partial charge in [0.15, 0.2) is 28.3 Å². The Bertz CT molecular complexity index is 862. The van der Waals surface area contributed by atoms with Crippen LogP contribution >= 0.6 is 23.1 Å². The molecule has 0 saturated heterocycles. The molecule has 0 unspecified atom stereocenters. The molecule has 24 heavy (non-hydrogen) atoms. The molecule has 8 heteroatoms. The highest BCUT2D eigenvalue weighted by Crippen LogP contribution is 2.26. The Morgan fingerprint density at radius 2 is 2.21 bits per heavy atom. The summed E-state index contributed by atoms with van der Waals surface area (Å²) < 4.78 is 20.4. The maximum atomic E-state index is 13.7. The maximum Gasteiger partial charge on any atom is 0.191 e. The maximum absolute atomic E-state index is 13.7. The predicted molar refractivity (Wildman–Crippen MR) is 92.3 cm³/mol. The molecule has 0 aliphatic rings.